The monoisotopic (exact) mass is 738 g/mol. The first-order valence-corrected chi connectivity index (χ1v) is 19.9. The van der Waals surface area contributed by atoms with Gasteiger partial charge in [-0.1, -0.05) is 48.9 Å². The summed E-state index contributed by atoms with van der Waals surface area (Å²) in [5.74, 6) is 0.500. The van der Waals surface area contributed by atoms with Crippen LogP contribution in [0.2, 0.25) is 10.0 Å². The van der Waals surface area contributed by atoms with Crippen LogP contribution in [0.15, 0.2) is 43.8 Å². The fourth-order valence-electron chi connectivity index (χ4n) is 5.05. The van der Waals surface area contributed by atoms with Crippen molar-refractivity contribution in [2.75, 3.05) is 23.6 Å². The zero-order valence-corrected chi connectivity index (χ0v) is 28.0. The Bertz CT molecular complexity index is 1870. The standard InChI is InChI=1S/C13H18ClN3O4S2.C9H11Cl2N3O4S2/c14-9-6-10-12(7-11(9)22(15,18)19)23(20,21)17-13(16-10)5-8-3-1-2-4-8;1-14-9(4-10)13-6-2-5(11)7(19(12,15)16)3-8(6)20(14,17)18/h6-8,13,16-17H,1-5H2,(H2,15,18,19);2-3,9,13H,4H2,1H3,(H2,12,15,16). The molecule has 2 atom stereocenters. The van der Waals surface area contributed by atoms with Crippen molar-refractivity contribution in [3.8, 4) is 0 Å². The predicted molar refractivity (Wildman–Crippen MR) is 163 cm³/mol. The fraction of sp³-hybridized carbons (Fsp3) is 0.455. The van der Waals surface area contributed by atoms with E-state index in [1.807, 2.05) is 0 Å². The molecule has 2 heterocycles. The molecule has 3 aliphatic rings. The molecule has 14 nitrogen and oxygen atoms in total. The van der Waals surface area contributed by atoms with Gasteiger partial charge in [-0.2, -0.15) is 9.03 Å². The fourth-order valence-corrected chi connectivity index (χ4v) is 10.5. The molecule has 0 saturated heterocycles. The SMILES string of the molecule is CN1C(CCl)Nc2cc(Cl)c(S(N)(=O)=O)cc2S1(=O)=O.NS(=O)(=O)c1cc2c(cc1Cl)NC(CC1CCCC1)NS2(=O)=O. The molecular formula is C22H29Cl3N6O8S4. The highest BCUT2D eigenvalue weighted by molar-refractivity contribution is 7.90. The predicted octanol–water partition coefficient (Wildman–Crippen LogP) is 2.20. The Kier molecular flexibility index (Phi) is 9.92. The summed E-state index contributed by atoms with van der Waals surface area (Å²) < 4.78 is 98.8. The number of rotatable bonds is 5. The van der Waals surface area contributed by atoms with Crippen molar-refractivity contribution in [2.24, 2.45) is 16.2 Å². The van der Waals surface area contributed by atoms with Gasteiger partial charge in [0.15, 0.2) is 0 Å². The molecule has 240 valence electrons. The van der Waals surface area contributed by atoms with Crippen molar-refractivity contribution < 1.29 is 33.7 Å². The van der Waals surface area contributed by atoms with Crippen molar-refractivity contribution in [2.45, 2.75) is 64.0 Å². The van der Waals surface area contributed by atoms with Gasteiger partial charge in [-0.25, -0.2) is 43.9 Å². The quantitative estimate of drug-likeness (QED) is 0.281. The molecule has 0 bridgehead atoms. The van der Waals surface area contributed by atoms with Crippen LogP contribution in [0.25, 0.3) is 0 Å². The van der Waals surface area contributed by atoms with Crippen molar-refractivity contribution in [1.82, 2.24) is 9.03 Å². The van der Waals surface area contributed by atoms with E-state index in [0.717, 1.165) is 29.3 Å². The normalized spacial score (nSPS) is 23.2. The van der Waals surface area contributed by atoms with Crippen molar-refractivity contribution in [3.63, 3.8) is 0 Å². The van der Waals surface area contributed by atoms with E-state index in [9.17, 15) is 33.7 Å². The van der Waals surface area contributed by atoms with Crippen molar-refractivity contribution >= 4 is 86.3 Å². The minimum atomic E-state index is -4.12. The van der Waals surface area contributed by atoms with Gasteiger partial charge in [-0.15, -0.1) is 11.6 Å². The first kappa shape index (κ1) is 34.4. The average molecular weight is 740 g/mol. The Morgan fingerprint density at radius 2 is 1.35 bits per heavy atom. The summed E-state index contributed by atoms with van der Waals surface area (Å²) in [4.78, 5) is -1.22. The Morgan fingerprint density at radius 3 is 1.84 bits per heavy atom. The molecule has 1 aliphatic carbocycles. The summed E-state index contributed by atoms with van der Waals surface area (Å²) in [5, 5.41) is 15.8. The van der Waals surface area contributed by atoms with Gasteiger partial charge in [-0.05, 0) is 36.6 Å². The smallest absolute Gasteiger partial charge is 0.246 e. The van der Waals surface area contributed by atoms with Crippen molar-refractivity contribution in [3.05, 3.63) is 34.3 Å². The van der Waals surface area contributed by atoms with E-state index in [0.29, 0.717) is 18.0 Å². The van der Waals surface area contributed by atoms with Gasteiger partial charge in [0.25, 0.3) is 0 Å². The number of anilines is 2. The number of primary sulfonamides is 2. The molecule has 2 aliphatic heterocycles. The Balaban J connectivity index is 0.000000199. The lowest BCUT2D eigenvalue weighted by Gasteiger charge is -2.33. The van der Waals surface area contributed by atoms with Crippen LogP contribution in [0.1, 0.15) is 32.1 Å². The number of nitrogens with zero attached hydrogens (tertiary/aromatic N) is 1. The van der Waals surface area contributed by atoms with E-state index in [1.165, 1.54) is 32.0 Å². The number of hydrogen-bond donors (Lipinski definition) is 5. The molecule has 0 amide bonds. The van der Waals surface area contributed by atoms with Crippen molar-refractivity contribution in [1.29, 1.82) is 0 Å². The first-order chi connectivity index (χ1) is 19.8. The molecule has 2 unspecified atom stereocenters. The number of nitrogens with one attached hydrogen (secondary N) is 3. The highest BCUT2D eigenvalue weighted by atomic mass is 35.5. The summed E-state index contributed by atoms with van der Waals surface area (Å²) in [6, 6.07) is 4.45. The maximum absolute atomic E-state index is 12.4. The molecular weight excluding hydrogens is 711 g/mol. The van der Waals surface area contributed by atoms with Gasteiger partial charge in [0.2, 0.25) is 40.1 Å². The molecule has 0 radical (unpaired) electrons. The van der Waals surface area contributed by atoms with Crippen LogP contribution >= 0.6 is 34.8 Å². The lowest BCUT2D eigenvalue weighted by Crippen LogP contribution is -2.47. The molecule has 21 heteroatoms. The molecule has 2 aromatic rings. The van der Waals surface area contributed by atoms with Crippen LogP contribution < -0.4 is 25.6 Å². The van der Waals surface area contributed by atoms with E-state index in [2.05, 4.69) is 15.4 Å². The largest absolute Gasteiger partial charge is 0.368 e. The number of hydrogen-bond acceptors (Lipinski definition) is 10. The Morgan fingerprint density at radius 1 is 0.860 bits per heavy atom. The molecule has 2 aromatic carbocycles. The molecule has 1 saturated carbocycles. The third-order valence-corrected chi connectivity index (χ3v) is 13.7. The number of halogens is 3. The molecule has 7 N–H and O–H groups in total. The number of sulfonamides is 4. The third kappa shape index (κ3) is 7.35. The summed E-state index contributed by atoms with van der Waals surface area (Å²) in [6.07, 6.45) is 4.15. The number of nitrogens with two attached hydrogens (primary N) is 2. The Labute approximate surface area is 265 Å². The van der Waals surface area contributed by atoms with Gasteiger partial charge in [0, 0.05) is 7.05 Å². The van der Waals surface area contributed by atoms with Crippen LogP contribution in [-0.4, -0.2) is 63.2 Å². The highest BCUT2D eigenvalue weighted by Crippen LogP contribution is 2.38. The van der Waals surface area contributed by atoms with Crippen LogP contribution in [0.4, 0.5) is 11.4 Å². The van der Waals surface area contributed by atoms with Crippen LogP contribution in [-0.2, 0) is 40.1 Å². The highest BCUT2D eigenvalue weighted by Gasteiger charge is 2.37. The van der Waals surface area contributed by atoms with Gasteiger partial charge in [0.05, 0.1) is 33.5 Å². The maximum Gasteiger partial charge on any atom is 0.246 e. The third-order valence-electron chi connectivity index (χ3n) is 7.21. The van der Waals surface area contributed by atoms with Gasteiger partial charge in [-0.3, -0.25) is 0 Å². The van der Waals surface area contributed by atoms with Gasteiger partial charge in [0.1, 0.15) is 25.7 Å². The van der Waals surface area contributed by atoms with Crippen LogP contribution in [0.3, 0.4) is 0 Å². The van der Waals surface area contributed by atoms with Gasteiger partial charge >= 0.3 is 0 Å². The molecule has 0 spiro atoms. The second-order valence-corrected chi connectivity index (χ2v) is 18.0. The lowest BCUT2D eigenvalue weighted by atomic mass is 10.0. The molecule has 1 fully saturated rings. The van der Waals surface area contributed by atoms with E-state index in [4.69, 9.17) is 45.1 Å². The summed E-state index contributed by atoms with van der Waals surface area (Å²) in [6.45, 7) is 0. The van der Waals surface area contributed by atoms with E-state index in [-0.39, 0.29) is 31.4 Å². The first-order valence-electron chi connectivity index (χ1n) is 12.6. The average Bonchev–Trinajstić information content (AvgIpc) is 3.37. The molecule has 0 aromatic heterocycles. The number of alkyl halides is 1. The second-order valence-electron chi connectivity index (χ2n) is 10.2. The van der Waals surface area contributed by atoms with E-state index < -0.39 is 62.2 Å². The summed E-state index contributed by atoms with van der Waals surface area (Å²) in [7, 11) is -14.6. The Hall–Kier alpha value is -1.45. The minimum Gasteiger partial charge on any atom is -0.368 e. The summed E-state index contributed by atoms with van der Waals surface area (Å²) in [5.41, 5.74) is 0.482. The van der Waals surface area contributed by atoms with Crippen LogP contribution in [0, 0.1) is 5.92 Å². The van der Waals surface area contributed by atoms with Crippen LogP contribution in [0.5, 0.6) is 0 Å². The topological polar surface area (TPSA) is 228 Å². The number of fused-ring (bicyclic) bond motifs is 2. The van der Waals surface area contributed by atoms with Gasteiger partial charge < -0.3 is 10.6 Å². The lowest BCUT2D eigenvalue weighted by molar-refractivity contribution is 0.411. The molecule has 5 rings (SSSR count). The number of benzene rings is 2. The maximum atomic E-state index is 12.4. The van der Waals surface area contributed by atoms with E-state index in [1.54, 1.807) is 0 Å². The minimum absolute atomic E-state index is 0.0176. The summed E-state index contributed by atoms with van der Waals surface area (Å²) >= 11 is 17.5. The van der Waals surface area contributed by atoms with E-state index >= 15 is 0 Å². The zero-order chi connectivity index (χ0) is 32.1. The molecule has 43 heavy (non-hydrogen) atoms. The zero-order valence-electron chi connectivity index (χ0n) is 22.4. The second kappa shape index (κ2) is 12.4.